The Morgan fingerprint density at radius 2 is 2.03 bits per heavy atom. The number of para-hydroxylation sites is 1. The van der Waals surface area contributed by atoms with Crippen LogP contribution in [-0.2, 0) is 11.2 Å². The Kier molecular flexibility index (Phi) is 8.23. The van der Waals surface area contributed by atoms with E-state index in [4.69, 9.17) is 9.47 Å². The predicted octanol–water partition coefficient (Wildman–Crippen LogP) is 4.65. The first-order chi connectivity index (χ1) is 17.1. The van der Waals surface area contributed by atoms with Gasteiger partial charge in [0.05, 0.1) is 37.8 Å². The molecule has 1 aromatic heterocycles. The van der Waals surface area contributed by atoms with E-state index in [-0.39, 0.29) is 11.8 Å². The van der Waals surface area contributed by atoms with Crippen molar-refractivity contribution in [1.29, 1.82) is 0 Å². The number of aromatic nitrogens is 1. The summed E-state index contributed by atoms with van der Waals surface area (Å²) in [5.41, 5.74) is 3.03. The van der Waals surface area contributed by atoms with Crippen LogP contribution in [0.25, 0.3) is 10.9 Å². The maximum Gasteiger partial charge on any atom is 0.308 e. The third kappa shape index (κ3) is 6.12. The summed E-state index contributed by atoms with van der Waals surface area (Å²) >= 11 is 0. The van der Waals surface area contributed by atoms with Crippen molar-refractivity contribution in [3.63, 3.8) is 0 Å². The Balaban J connectivity index is 1.34. The van der Waals surface area contributed by atoms with E-state index >= 15 is 0 Å². The van der Waals surface area contributed by atoms with Gasteiger partial charge in [-0.05, 0) is 80.1 Å². The molecular formula is C29H32N2O4. The maximum absolute atomic E-state index is 12.1. The highest BCUT2D eigenvalue weighted by atomic mass is 16.5. The molecule has 6 heteroatoms. The number of hydrogen-bond acceptors (Lipinski definition) is 5. The third-order valence-electron chi connectivity index (χ3n) is 6.85. The highest BCUT2D eigenvalue weighted by Crippen LogP contribution is 2.30. The number of carboxylic acids is 1. The molecule has 6 nitrogen and oxygen atoms in total. The highest BCUT2D eigenvalue weighted by molar-refractivity contribution is 5.83. The van der Waals surface area contributed by atoms with Crippen molar-refractivity contribution in [3.8, 4) is 23.3 Å². The van der Waals surface area contributed by atoms with Gasteiger partial charge < -0.3 is 14.6 Å². The van der Waals surface area contributed by atoms with Gasteiger partial charge in [0.1, 0.15) is 11.5 Å². The molecule has 4 rings (SSSR count). The molecular weight excluding hydrogens is 440 g/mol. The van der Waals surface area contributed by atoms with Crippen LogP contribution >= 0.6 is 0 Å². The zero-order valence-electron chi connectivity index (χ0n) is 20.4. The second kappa shape index (κ2) is 11.7. The summed E-state index contributed by atoms with van der Waals surface area (Å²) in [6.07, 6.45) is 5.44. The Morgan fingerprint density at radius 1 is 1.17 bits per heavy atom. The van der Waals surface area contributed by atoms with Crippen LogP contribution < -0.4 is 9.47 Å². The number of pyridine rings is 1. The molecule has 1 N–H and O–H groups in total. The highest BCUT2D eigenvalue weighted by Gasteiger charge is 2.33. The second-order valence-corrected chi connectivity index (χ2v) is 8.98. The van der Waals surface area contributed by atoms with Crippen LogP contribution in [0.2, 0.25) is 0 Å². The van der Waals surface area contributed by atoms with E-state index in [9.17, 15) is 9.90 Å². The summed E-state index contributed by atoms with van der Waals surface area (Å²) in [6, 6.07) is 15.7. The van der Waals surface area contributed by atoms with E-state index in [1.807, 2.05) is 48.7 Å². The summed E-state index contributed by atoms with van der Waals surface area (Å²) in [7, 11) is 3.30. The van der Waals surface area contributed by atoms with E-state index in [2.05, 4.69) is 27.8 Å². The van der Waals surface area contributed by atoms with Crippen LogP contribution in [0.1, 0.15) is 30.4 Å². The summed E-state index contributed by atoms with van der Waals surface area (Å²) in [4.78, 5) is 18.7. The quantitative estimate of drug-likeness (QED) is 0.481. The van der Waals surface area contributed by atoms with E-state index in [0.29, 0.717) is 13.1 Å². The molecule has 0 amide bonds. The Labute approximate surface area is 206 Å². The molecule has 0 aliphatic carbocycles. The van der Waals surface area contributed by atoms with Gasteiger partial charge in [-0.3, -0.25) is 14.7 Å². The van der Waals surface area contributed by atoms with Gasteiger partial charge in [0, 0.05) is 18.1 Å². The molecule has 1 aliphatic heterocycles. The first-order valence-corrected chi connectivity index (χ1v) is 12.1. The minimum Gasteiger partial charge on any atom is -0.497 e. The smallest absolute Gasteiger partial charge is 0.308 e. The minimum absolute atomic E-state index is 0.175. The SMILES string of the molecule is COc1ccc2nccc(CCC[C@@H]3CCN(CC#Cc4ccccc4OC)C[C@@H]3C(=O)O)c2c1. The number of likely N-dealkylation sites (tertiary alicyclic amines) is 1. The lowest BCUT2D eigenvalue weighted by Crippen LogP contribution is -2.44. The van der Waals surface area contributed by atoms with Crippen LogP contribution in [0.5, 0.6) is 11.5 Å². The summed E-state index contributed by atoms with van der Waals surface area (Å²) in [5.74, 6) is 7.03. The van der Waals surface area contributed by atoms with Crippen LogP contribution in [0.3, 0.4) is 0 Å². The van der Waals surface area contributed by atoms with Crippen molar-refractivity contribution in [3.05, 3.63) is 65.9 Å². The van der Waals surface area contributed by atoms with Gasteiger partial charge in [0.2, 0.25) is 0 Å². The average Bonchev–Trinajstić information content (AvgIpc) is 2.89. The number of carboxylic acid groups (broad SMARTS) is 1. The number of aryl methyl sites for hydroxylation is 1. The molecule has 1 saturated heterocycles. The lowest BCUT2D eigenvalue weighted by atomic mass is 9.81. The molecule has 0 radical (unpaired) electrons. The predicted molar refractivity (Wildman–Crippen MR) is 137 cm³/mol. The van der Waals surface area contributed by atoms with E-state index in [1.54, 1.807) is 14.2 Å². The molecule has 0 saturated carbocycles. The maximum atomic E-state index is 12.1. The lowest BCUT2D eigenvalue weighted by molar-refractivity contribution is -0.146. The Bertz CT molecular complexity index is 1230. The zero-order chi connectivity index (χ0) is 24.6. The fraction of sp³-hybridized carbons (Fsp3) is 0.379. The molecule has 1 aliphatic rings. The first kappa shape index (κ1) is 24.6. The molecule has 2 aromatic carbocycles. The Morgan fingerprint density at radius 3 is 2.83 bits per heavy atom. The number of hydrogen-bond donors (Lipinski definition) is 1. The van der Waals surface area contributed by atoms with Crippen LogP contribution in [0, 0.1) is 23.7 Å². The number of benzene rings is 2. The van der Waals surface area contributed by atoms with Crippen LogP contribution in [0.4, 0.5) is 0 Å². The minimum atomic E-state index is -0.712. The van der Waals surface area contributed by atoms with Gasteiger partial charge in [-0.2, -0.15) is 0 Å². The fourth-order valence-corrected chi connectivity index (χ4v) is 4.91. The molecule has 1 fully saturated rings. The first-order valence-electron chi connectivity index (χ1n) is 12.1. The number of methoxy groups -OCH3 is 2. The van der Waals surface area contributed by atoms with Crippen molar-refractivity contribution in [1.82, 2.24) is 9.88 Å². The molecule has 182 valence electrons. The second-order valence-electron chi connectivity index (χ2n) is 8.98. The lowest BCUT2D eigenvalue weighted by Gasteiger charge is -2.35. The number of aliphatic carboxylic acids is 1. The molecule has 0 bridgehead atoms. The number of ether oxygens (including phenoxy) is 2. The van der Waals surface area contributed by atoms with Gasteiger partial charge >= 0.3 is 5.97 Å². The van der Waals surface area contributed by atoms with Gasteiger partial charge in [0.15, 0.2) is 0 Å². The van der Waals surface area contributed by atoms with E-state index in [0.717, 1.165) is 60.2 Å². The number of nitrogens with zero attached hydrogens (tertiary/aromatic N) is 2. The number of rotatable bonds is 8. The monoisotopic (exact) mass is 472 g/mol. The molecule has 3 aromatic rings. The van der Waals surface area contributed by atoms with Gasteiger partial charge in [-0.1, -0.05) is 24.0 Å². The Hall–Kier alpha value is -3.56. The molecule has 2 atom stereocenters. The van der Waals surface area contributed by atoms with E-state index < -0.39 is 5.97 Å². The average molecular weight is 473 g/mol. The van der Waals surface area contributed by atoms with Crippen LogP contribution in [-0.4, -0.2) is 54.8 Å². The standard InChI is InChI=1S/C29H32N2O4/c1-34-24-12-13-27-25(19-24)21(14-16-30-27)8-5-9-22-15-18-31(20-26(22)29(32)33)17-6-10-23-7-3-4-11-28(23)35-2/h3-4,7,11-14,16,19,22,26H,5,8-9,15,17-18,20H2,1-2H3,(H,32,33)/t22-,26+/m1/s1. The number of piperidine rings is 1. The van der Waals surface area contributed by atoms with Crippen molar-refractivity contribution in [2.24, 2.45) is 11.8 Å². The fourth-order valence-electron chi connectivity index (χ4n) is 4.91. The summed E-state index contributed by atoms with van der Waals surface area (Å²) < 4.78 is 10.7. The third-order valence-corrected chi connectivity index (χ3v) is 6.85. The summed E-state index contributed by atoms with van der Waals surface area (Å²) in [6.45, 7) is 1.96. The zero-order valence-corrected chi connectivity index (χ0v) is 20.4. The largest absolute Gasteiger partial charge is 0.497 e. The molecule has 35 heavy (non-hydrogen) atoms. The van der Waals surface area contributed by atoms with Crippen molar-refractivity contribution in [2.45, 2.75) is 25.7 Å². The topological polar surface area (TPSA) is 71.9 Å². The van der Waals surface area contributed by atoms with Crippen molar-refractivity contribution in [2.75, 3.05) is 33.9 Å². The number of fused-ring (bicyclic) bond motifs is 1. The van der Waals surface area contributed by atoms with E-state index in [1.165, 1.54) is 5.56 Å². The molecule has 0 spiro atoms. The van der Waals surface area contributed by atoms with Crippen LogP contribution in [0.15, 0.2) is 54.7 Å². The molecule has 0 unspecified atom stereocenters. The molecule has 2 heterocycles. The summed E-state index contributed by atoms with van der Waals surface area (Å²) in [5, 5.41) is 11.0. The van der Waals surface area contributed by atoms with Crippen molar-refractivity contribution < 1.29 is 19.4 Å². The van der Waals surface area contributed by atoms with Gasteiger partial charge in [-0.25, -0.2) is 0 Å². The number of carbonyl (C=O) groups is 1. The van der Waals surface area contributed by atoms with Gasteiger partial charge in [-0.15, -0.1) is 0 Å². The van der Waals surface area contributed by atoms with Gasteiger partial charge in [0.25, 0.3) is 0 Å². The normalized spacial score (nSPS) is 18.0. The van der Waals surface area contributed by atoms with Crippen molar-refractivity contribution >= 4 is 16.9 Å².